The number of aliphatic hydroxyl groups is 1. The van der Waals surface area contributed by atoms with E-state index in [0.29, 0.717) is 35.9 Å². The summed E-state index contributed by atoms with van der Waals surface area (Å²) in [4.78, 5) is 27.4. The second-order valence-electron chi connectivity index (χ2n) is 8.08. The lowest BCUT2D eigenvalue weighted by Crippen LogP contribution is -2.23. The molecule has 168 valence electrons. The minimum absolute atomic E-state index is 0.0399. The third-order valence-corrected chi connectivity index (χ3v) is 5.52. The van der Waals surface area contributed by atoms with Crippen LogP contribution < -0.4 is 5.73 Å². The van der Waals surface area contributed by atoms with Gasteiger partial charge in [-0.3, -0.25) is 9.36 Å². The van der Waals surface area contributed by atoms with Gasteiger partial charge in [-0.2, -0.15) is 5.26 Å². The number of amides is 1. The average molecular weight is 444 g/mol. The Balaban J connectivity index is 1.70. The van der Waals surface area contributed by atoms with E-state index in [1.54, 1.807) is 32.3 Å². The van der Waals surface area contributed by atoms with Crippen molar-refractivity contribution >= 4 is 28.5 Å². The number of nitriles is 1. The number of pyridine rings is 1. The molecular weight excluding hydrogens is 418 g/mol. The van der Waals surface area contributed by atoms with Crippen LogP contribution in [0.1, 0.15) is 43.9 Å². The second-order valence-corrected chi connectivity index (χ2v) is 8.08. The van der Waals surface area contributed by atoms with Gasteiger partial charge in [0.15, 0.2) is 5.82 Å². The van der Waals surface area contributed by atoms with Crippen LogP contribution in [0, 0.1) is 11.3 Å². The SMILES string of the molecule is CC(C=C(N)C#N)=Nc1nc(-n2cnc3cc(CN4CCCC4=O)ccc32)ccc1C(C)O. The van der Waals surface area contributed by atoms with Crippen molar-refractivity contribution in [1.29, 1.82) is 5.26 Å². The minimum Gasteiger partial charge on any atom is -0.390 e. The quantitative estimate of drug-likeness (QED) is 0.444. The summed E-state index contributed by atoms with van der Waals surface area (Å²) < 4.78 is 1.85. The number of imidazole rings is 1. The number of aliphatic imine (C=N–C) groups is 1. The number of aromatic nitrogens is 3. The molecule has 0 radical (unpaired) electrons. The normalized spacial score (nSPS) is 15.8. The molecule has 3 heterocycles. The van der Waals surface area contributed by atoms with E-state index in [9.17, 15) is 9.90 Å². The van der Waals surface area contributed by atoms with E-state index in [1.165, 1.54) is 6.08 Å². The number of allylic oxidation sites excluding steroid dienone is 2. The Labute approximate surface area is 191 Å². The molecular formula is C24H25N7O2. The first-order valence-corrected chi connectivity index (χ1v) is 10.7. The highest BCUT2D eigenvalue weighted by Crippen LogP contribution is 2.27. The predicted octanol–water partition coefficient (Wildman–Crippen LogP) is 3.05. The standard InChI is InChI=1S/C24H25N7O2/c1-15(10-18(26)12-25)28-24-19(16(2)32)6-8-22(29-24)31-14-27-20-11-17(5-7-21(20)31)13-30-9-3-4-23(30)33/h5-8,10-11,14,16,32H,3-4,9,13,26H2,1-2H3. The van der Waals surface area contributed by atoms with E-state index in [2.05, 4.69) is 15.0 Å². The van der Waals surface area contributed by atoms with E-state index in [1.807, 2.05) is 33.7 Å². The average Bonchev–Trinajstić information content (AvgIpc) is 3.39. The third-order valence-electron chi connectivity index (χ3n) is 5.52. The molecule has 2 aromatic heterocycles. The smallest absolute Gasteiger partial charge is 0.222 e. The Morgan fingerprint density at radius 3 is 2.91 bits per heavy atom. The van der Waals surface area contributed by atoms with Crippen LogP contribution in [0.25, 0.3) is 16.9 Å². The van der Waals surface area contributed by atoms with Gasteiger partial charge < -0.3 is 15.7 Å². The van der Waals surface area contributed by atoms with Crippen molar-refractivity contribution in [1.82, 2.24) is 19.4 Å². The molecule has 0 aliphatic carbocycles. The number of likely N-dealkylation sites (tertiary alicyclic amines) is 1. The Hall–Kier alpha value is -4.03. The molecule has 1 saturated heterocycles. The zero-order valence-electron chi connectivity index (χ0n) is 18.6. The van der Waals surface area contributed by atoms with Gasteiger partial charge in [0, 0.05) is 30.8 Å². The van der Waals surface area contributed by atoms with Crippen LogP contribution in [0.15, 0.2) is 53.4 Å². The first kappa shape index (κ1) is 22.2. The summed E-state index contributed by atoms with van der Waals surface area (Å²) in [5.74, 6) is 1.12. The van der Waals surface area contributed by atoms with Crippen LogP contribution >= 0.6 is 0 Å². The third kappa shape index (κ3) is 4.76. The molecule has 1 atom stereocenters. The number of fused-ring (bicyclic) bond motifs is 1. The first-order valence-electron chi connectivity index (χ1n) is 10.7. The Morgan fingerprint density at radius 2 is 2.21 bits per heavy atom. The lowest BCUT2D eigenvalue weighted by Gasteiger charge is -2.15. The van der Waals surface area contributed by atoms with Crippen LogP contribution in [0.4, 0.5) is 5.82 Å². The minimum atomic E-state index is -0.772. The summed E-state index contributed by atoms with van der Waals surface area (Å²) in [6, 6.07) is 11.4. The van der Waals surface area contributed by atoms with E-state index in [-0.39, 0.29) is 11.6 Å². The van der Waals surface area contributed by atoms with Crippen molar-refractivity contribution in [3.05, 3.63) is 59.6 Å². The van der Waals surface area contributed by atoms with E-state index in [0.717, 1.165) is 29.6 Å². The molecule has 0 bridgehead atoms. The van der Waals surface area contributed by atoms with E-state index in [4.69, 9.17) is 11.0 Å². The van der Waals surface area contributed by atoms with Crippen LogP contribution in [0.2, 0.25) is 0 Å². The zero-order valence-corrected chi connectivity index (χ0v) is 18.6. The number of rotatable bonds is 6. The topological polar surface area (TPSA) is 133 Å². The maximum absolute atomic E-state index is 11.9. The van der Waals surface area contributed by atoms with Crippen molar-refractivity contribution in [2.75, 3.05) is 6.54 Å². The lowest BCUT2D eigenvalue weighted by molar-refractivity contribution is -0.128. The van der Waals surface area contributed by atoms with Gasteiger partial charge in [0.25, 0.3) is 0 Å². The molecule has 1 amide bonds. The highest BCUT2D eigenvalue weighted by atomic mass is 16.3. The molecule has 0 saturated carbocycles. The molecule has 1 aliphatic rings. The maximum atomic E-state index is 11.9. The van der Waals surface area contributed by atoms with Crippen LogP contribution in [-0.2, 0) is 11.3 Å². The van der Waals surface area contributed by atoms with Crippen LogP contribution in [0.5, 0.6) is 0 Å². The van der Waals surface area contributed by atoms with Crippen LogP contribution in [-0.4, -0.2) is 42.7 Å². The number of aliphatic hydroxyl groups excluding tert-OH is 1. The van der Waals surface area contributed by atoms with Gasteiger partial charge in [0.05, 0.1) is 17.1 Å². The largest absolute Gasteiger partial charge is 0.390 e. The summed E-state index contributed by atoms with van der Waals surface area (Å²) in [5, 5.41) is 19.0. The fourth-order valence-corrected chi connectivity index (χ4v) is 3.89. The van der Waals surface area contributed by atoms with Gasteiger partial charge in [-0.15, -0.1) is 0 Å². The van der Waals surface area contributed by atoms with Crippen molar-refractivity contribution in [2.45, 2.75) is 39.3 Å². The fourth-order valence-electron chi connectivity index (χ4n) is 3.89. The zero-order chi connectivity index (χ0) is 23.5. The molecule has 1 unspecified atom stereocenters. The Morgan fingerprint density at radius 1 is 1.39 bits per heavy atom. The molecule has 0 spiro atoms. The molecule has 9 nitrogen and oxygen atoms in total. The second kappa shape index (κ2) is 9.22. The summed E-state index contributed by atoms with van der Waals surface area (Å²) in [6.07, 6.45) is 3.90. The number of carbonyl (C=O) groups is 1. The molecule has 1 aliphatic heterocycles. The number of nitrogens with two attached hydrogens (primary N) is 1. The van der Waals surface area contributed by atoms with Crippen LogP contribution in [0.3, 0.4) is 0 Å². The Bertz CT molecular complexity index is 1310. The molecule has 1 aromatic carbocycles. The molecule has 33 heavy (non-hydrogen) atoms. The summed E-state index contributed by atoms with van der Waals surface area (Å²) in [7, 11) is 0. The lowest BCUT2D eigenvalue weighted by atomic mass is 10.1. The highest BCUT2D eigenvalue weighted by Gasteiger charge is 2.20. The number of hydrogen-bond acceptors (Lipinski definition) is 7. The monoisotopic (exact) mass is 443 g/mol. The van der Waals surface area contributed by atoms with E-state index < -0.39 is 6.10 Å². The van der Waals surface area contributed by atoms with Crippen molar-refractivity contribution in [3.63, 3.8) is 0 Å². The maximum Gasteiger partial charge on any atom is 0.222 e. The summed E-state index contributed by atoms with van der Waals surface area (Å²) >= 11 is 0. The molecule has 3 aromatic rings. The summed E-state index contributed by atoms with van der Waals surface area (Å²) in [5.41, 5.74) is 9.37. The molecule has 3 N–H and O–H groups in total. The predicted molar refractivity (Wildman–Crippen MR) is 125 cm³/mol. The van der Waals surface area contributed by atoms with Gasteiger partial charge in [-0.05, 0) is 56.2 Å². The van der Waals surface area contributed by atoms with E-state index >= 15 is 0 Å². The first-order chi connectivity index (χ1) is 15.9. The van der Waals surface area contributed by atoms with Gasteiger partial charge in [-0.1, -0.05) is 6.07 Å². The molecule has 4 rings (SSSR count). The number of benzene rings is 1. The van der Waals surface area contributed by atoms with Crippen molar-refractivity contribution in [3.8, 4) is 11.9 Å². The van der Waals surface area contributed by atoms with Crippen molar-refractivity contribution in [2.24, 2.45) is 10.7 Å². The molecule has 9 heteroatoms. The number of nitrogens with zero attached hydrogens (tertiary/aromatic N) is 6. The number of hydrogen-bond donors (Lipinski definition) is 2. The fraction of sp³-hybridized carbons (Fsp3) is 0.292. The summed E-state index contributed by atoms with van der Waals surface area (Å²) in [6.45, 7) is 4.73. The molecule has 1 fully saturated rings. The van der Waals surface area contributed by atoms with Gasteiger partial charge in [-0.25, -0.2) is 15.0 Å². The van der Waals surface area contributed by atoms with Gasteiger partial charge >= 0.3 is 0 Å². The van der Waals surface area contributed by atoms with Crippen molar-refractivity contribution < 1.29 is 9.90 Å². The van der Waals surface area contributed by atoms with Gasteiger partial charge in [0.2, 0.25) is 5.91 Å². The highest BCUT2D eigenvalue weighted by molar-refractivity contribution is 5.95. The Kier molecular flexibility index (Phi) is 6.20. The van der Waals surface area contributed by atoms with Gasteiger partial charge in [0.1, 0.15) is 23.9 Å². The number of carbonyl (C=O) groups excluding carboxylic acids is 1.